The molecule has 3 nitrogen and oxygen atoms in total. The minimum atomic E-state index is -4.36. The van der Waals surface area contributed by atoms with E-state index in [9.17, 15) is 18.0 Å². The predicted octanol–water partition coefficient (Wildman–Crippen LogP) is 3.73. The lowest BCUT2D eigenvalue weighted by atomic mass is 10.1. The van der Waals surface area contributed by atoms with E-state index in [4.69, 9.17) is 0 Å². The second kappa shape index (κ2) is 5.11. The first-order valence-corrected chi connectivity index (χ1v) is 6.06. The van der Waals surface area contributed by atoms with E-state index in [0.29, 0.717) is 11.4 Å². The third-order valence-electron chi connectivity index (χ3n) is 2.83. The van der Waals surface area contributed by atoms with Crippen LogP contribution in [0.2, 0.25) is 0 Å². The van der Waals surface area contributed by atoms with Gasteiger partial charge in [0.25, 0.3) is 0 Å². The molecule has 106 valence electrons. The Kier molecular flexibility index (Phi) is 3.65. The summed E-state index contributed by atoms with van der Waals surface area (Å²) in [5.41, 5.74) is 0.0626. The number of aromatic nitrogens is 2. The normalized spacial score (nSPS) is 11.9. The fourth-order valence-corrected chi connectivity index (χ4v) is 1.70. The van der Waals surface area contributed by atoms with Gasteiger partial charge in [0, 0.05) is 12.1 Å². The van der Waals surface area contributed by atoms with Crippen LogP contribution in [0.3, 0.4) is 0 Å². The number of rotatable bonds is 3. The van der Waals surface area contributed by atoms with E-state index >= 15 is 0 Å². The average molecular weight is 282 g/mol. The molecular formula is C14H13F3N2O. The molecule has 0 bridgehead atoms. The van der Waals surface area contributed by atoms with E-state index in [-0.39, 0.29) is 11.7 Å². The summed E-state index contributed by atoms with van der Waals surface area (Å²) in [4.78, 5) is 11.8. The van der Waals surface area contributed by atoms with Crippen molar-refractivity contribution in [3.63, 3.8) is 0 Å². The molecule has 20 heavy (non-hydrogen) atoms. The lowest BCUT2D eigenvalue weighted by Crippen LogP contribution is -2.09. The highest BCUT2D eigenvalue weighted by Gasteiger charge is 2.30. The van der Waals surface area contributed by atoms with Gasteiger partial charge in [-0.3, -0.25) is 4.79 Å². The van der Waals surface area contributed by atoms with Gasteiger partial charge in [-0.2, -0.15) is 18.3 Å². The minimum absolute atomic E-state index is 0.101. The molecule has 1 aromatic heterocycles. The van der Waals surface area contributed by atoms with Gasteiger partial charge in [-0.05, 0) is 30.3 Å². The number of benzene rings is 1. The minimum Gasteiger partial charge on any atom is -0.292 e. The molecule has 0 radical (unpaired) electrons. The molecule has 0 saturated carbocycles. The fourth-order valence-electron chi connectivity index (χ4n) is 1.70. The summed E-state index contributed by atoms with van der Waals surface area (Å²) in [6, 6.07) is 6.17. The second-order valence-electron chi connectivity index (χ2n) is 4.71. The monoisotopic (exact) mass is 282 g/mol. The van der Waals surface area contributed by atoms with Gasteiger partial charge in [-0.25, -0.2) is 4.68 Å². The number of ketones is 1. The van der Waals surface area contributed by atoms with Crippen molar-refractivity contribution >= 4 is 5.78 Å². The number of carbonyl (C=O) groups is 1. The zero-order chi connectivity index (χ0) is 14.9. The third-order valence-corrected chi connectivity index (χ3v) is 2.83. The van der Waals surface area contributed by atoms with Gasteiger partial charge in [0.05, 0.1) is 11.3 Å². The summed E-state index contributed by atoms with van der Waals surface area (Å²) in [5, 5.41) is 4.08. The van der Waals surface area contributed by atoms with Gasteiger partial charge >= 0.3 is 6.18 Å². The first kappa shape index (κ1) is 14.3. The average Bonchev–Trinajstić information content (AvgIpc) is 2.86. The second-order valence-corrected chi connectivity index (χ2v) is 4.71. The molecule has 0 aliphatic rings. The maximum absolute atomic E-state index is 12.5. The maximum Gasteiger partial charge on any atom is 0.416 e. The van der Waals surface area contributed by atoms with Crippen molar-refractivity contribution in [1.29, 1.82) is 0 Å². The lowest BCUT2D eigenvalue weighted by molar-refractivity contribution is -0.137. The van der Waals surface area contributed by atoms with Crippen molar-refractivity contribution in [2.75, 3.05) is 0 Å². The van der Waals surface area contributed by atoms with Crippen LogP contribution in [-0.2, 0) is 6.18 Å². The SMILES string of the molecule is CC(C)C(=O)c1ccn(-c2ccc(C(F)(F)F)cc2)n1. The van der Waals surface area contributed by atoms with E-state index in [1.165, 1.54) is 16.8 Å². The number of hydrogen-bond donors (Lipinski definition) is 0. The number of carbonyl (C=O) groups excluding carboxylic acids is 1. The summed E-state index contributed by atoms with van der Waals surface area (Å²) in [7, 11) is 0. The molecule has 2 rings (SSSR count). The zero-order valence-corrected chi connectivity index (χ0v) is 11.0. The fraction of sp³-hybridized carbons (Fsp3) is 0.286. The van der Waals surface area contributed by atoms with E-state index in [1.54, 1.807) is 26.1 Å². The van der Waals surface area contributed by atoms with Crippen LogP contribution in [0.15, 0.2) is 36.5 Å². The third kappa shape index (κ3) is 2.89. The molecule has 1 heterocycles. The summed E-state index contributed by atoms with van der Waals surface area (Å²) in [6.07, 6.45) is -2.81. The Balaban J connectivity index is 2.27. The highest BCUT2D eigenvalue weighted by Crippen LogP contribution is 2.29. The molecule has 0 spiro atoms. The molecule has 0 N–H and O–H groups in total. The first-order valence-electron chi connectivity index (χ1n) is 6.06. The summed E-state index contributed by atoms with van der Waals surface area (Å²) < 4.78 is 38.7. The van der Waals surface area contributed by atoms with Gasteiger partial charge in [0.1, 0.15) is 5.69 Å². The van der Waals surface area contributed by atoms with E-state index in [0.717, 1.165) is 12.1 Å². The van der Waals surface area contributed by atoms with Crippen molar-refractivity contribution in [3.05, 3.63) is 47.8 Å². The zero-order valence-electron chi connectivity index (χ0n) is 11.0. The summed E-state index contributed by atoms with van der Waals surface area (Å²) >= 11 is 0. The van der Waals surface area contributed by atoms with Crippen LogP contribution in [0.1, 0.15) is 29.9 Å². The largest absolute Gasteiger partial charge is 0.416 e. The molecule has 0 saturated heterocycles. The number of halogens is 3. The van der Waals surface area contributed by atoms with Gasteiger partial charge in [0.15, 0.2) is 5.78 Å². The highest BCUT2D eigenvalue weighted by molar-refractivity contribution is 5.95. The van der Waals surface area contributed by atoms with Gasteiger partial charge in [-0.15, -0.1) is 0 Å². The standard InChI is InChI=1S/C14H13F3N2O/c1-9(2)13(20)12-7-8-19(18-12)11-5-3-10(4-6-11)14(15,16)17/h3-9H,1-2H3. The molecular weight excluding hydrogens is 269 g/mol. The van der Waals surface area contributed by atoms with Crippen LogP contribution in [0.5, 0.6) is 0 Å². The first-order chi connectivity index (χ1) is 9.29. The predicted molar refractivity (Wildman–Crippen MR) is 67.7 cm³/mol. The van der Waals surface area contributed by atoms with Gasteiger partial charge < -0.3 is 0 Å². The van der Waals surface area contributed by atoms with Crippen LogP contribution in [0.4, 0.5) is 13.2 Å². The van der Waals surface area contributed by atoms with Crippen molar-refractivity contribution in [2.45, 2.75) is 20.0 Å². The van der Waals surface area contributed by atoms with Crippen LogP contribution in [0, 0.1) is 5.92 Å². The molecule has 0 aliphatic carbocycles. The Morgan fingerprint density at radius 2 is 1.75 bits per heavy atom. The number of nitrogens with zero attached hydrogens (tertiary/aromatic N) is 2. The number of alkyl halides is 3. The molecule has 2 aromatic rings. The van der Waals surface area contributed by atoms with E-state index in [2.05, 4.69) is 5.10 Å². The Morgan fingerprint density at radius 3 is 2.25 bits per heavy atom. The molecule has 0 atom stereocenters. The highest BCUT2D eigenvalue weighted by atomic mass is 19.4. The topological polar surface area (TPSA) is 34.9 Å². The Hall–Kier alpha value is -2.11. The quantitative estimate of drug-likeness (QED) is 0.804. The molecule has 0 unspecified atom stereocenters. The Bertz CT molecular complexity index is 612. The van der Waals surface area contributed by atoms with E-state index in [1.807, 2.05) is 0 Å². The maximum atomic E-state index is 12.5. The summed E-state index contributed by atoms with van der Waals surface area (Å²) in [5.74, 6) is -0.276. The number of hydrogen-bond acceptors (Lipinski definition) is 2. The summed E-state index contributed by atoms with van der Waals surface area (Å²) in [6.45, 7) is 3.53. The number of Topliss-reactive ketones (excluding diaryl/α,β-unsaturated/α-hetero) is 1. The smallest absolute Gasteiger partial charge is 0.292 e. The molecule has 0 amide bonds. The Morgan fingerprint density at radius 1 is 1.15 bits per heavy atom. The van der Waals surface area contributed by atoms with Gasteiger partial charge in [-0.1, -0.05) is 13.8 Å². The van der Waals surface area contributed by atoms with Crippen LogP contribution < -0.4 is 0 Å². The van der Waals surface area contributed by atoms with Crippen LogP contribution in [-0.4, -0.2) is 15.6 Å². The van der Waals surface area contributed by atoms with E-state index < -0.39 is 11.7 Å². The lowest BCUT2D eigenvalue weighted by Gasteiger charge is -2.07. The van der Waals surface area contributed by atoms with Crippen molar-refractivity contribution in [2.24, 2.45) is 5.92 Å². The van der Waals surface area contributed by atoms with Crippen molar-refractivity contribution < 1.29 is 18.0 Å². The van der Waals surface area contributed by atoms with Gasteiger partial charge in [0.2, 0.25) is 0 Å². The van der Waals surface area contributed by atoms with Crippen molar-refractivity contribution in [3.8, 4) is 5.69 Å². The van der Waals surface area contributed by atoms with Crippen LogP contribution in [0.25, 0.3) is 5.69 Å². The molecule has 0 fully saturated rings. The van der Waals surface area contributed by atoms with Crippen LogP contribution >= 0.6 is 0 Å². The van der Waals surface area contributed by atoms with Crippen molar-refractivity contribution in [1.82, 2.24) is 9.78 Å². The molecule has 0 aliphatic heterocycles. The Labute approximate surface area is 114 Å². The molecule has 1 aromatic carbocycles. The molecule has 6 heteroatoms.